The first-order valence-electron chi connectivity index (χ1n) is 7.58. The maximum absolute atomic E-state index is 11.1. The molecule has 7 heteroatoms. The fourth-order valence-corrected chi connectivity index (χ4v) is 2.59. The van der Waals surface area contributed by atoms with Gasteiger partial charge >= 0.3 is 7.60 Å². The number of benzene rings is 2. The Morgan fingerprint density at radius 1 is 1.04 bits per heavy atom. The zero-order chi connectivity index (χ0) is 17.7. The van der Waals surface area contributed by atoms with Gasteiger partial charge in [-0.15, -0.1) is 5.10 Å². The van der Waals surface area contributed by atoms with Crippen molar-refractivity contribution in [3.63, 3.8) is 0 Å². The van der Waals surface area contributed by atoms with Crippen LogP contribution >= 0.6 is 7.60 Å². The molecule has 0 aliphatic carbocycles. The van der Waals surface area contributed by atoms with Crippen LogP contribution in [0.2, 0.25) is 0 Å². The second-order valence-electron chi connectivity index (χ2n) is 5.33. The summed E-state index contributed by atoms with van der Waals surface area (Å²) in [7, 11) is -4.26. The molecule has 0 fully saturated rings. The van der Waals surface area contributed by atoms with E-state index < -0.39 is 7.60 Å². The van der Waals surface area contributed by atoms with Crippen molar-refractivity contribution in [2.75, 3.05) is 0 Å². The standard InChI is InChI=1S/C18H17N2O4P/c21-25(22,23)12-11-17-13-18(24-14-15-7-3-1-4-8-15)19-20(17)16-9-5-2-6-10-16/h1-13H,14H2,(H2,21,22,23). The van der Waals surface area contributed by atoms with E-state index in [2.05, 4.69) is 5.10 Å². The van der Waals surface area contributed by atoms with Gasteiger partial charge < -0.3 is 14.5 Å². The first-order valence-corrected chi connectivity index (χ1v) is 9.26. The number of nitrogens with zero attached hydrogens (tertiary/aromatic N) is 2. The number of hydrogen-bond donors (Lipinski definition) is 2. The van der Waals surface area contributed by atoms with Gasteiger partial charge in [0.25, 0.3) is 0 Å². The van der Waals surface area contributed by atoms with E-state index in [9.17, 15) is 4.57 Å². The summed E-state index contributed by atoms with van der Waals surface area (Å²) in [6.45, 7) is 0.355. The first-order chi connectivity index (χ1) is 12.0. The predicted molar refractivity (Wildman–Crippen MR) is 95.4 cm³/mol. The summed E-state index contributed by atoms with van der Waals surface area (Å²) >= 11 is 0. The number of hydrogen-bond acceptors (Lipinski definition) is 3. The molecule has 6 nitrogen and oxygen atoms in total. The summed E-state index contributed by atoms with van der Waals surface area (Å²) in [5.41, 5.74) is 2.28. The number of aromatic nitrogens is 2. The summed E-state index contributed by atoms with van der Waals surface area (Å²) in [6, 6.07) is 20.6. The molecule has 0 spiro atoms. The smallest absolute Gasteiger partial charge is 0.349 e. The highest BCUT2D eigenvalue weighted by Crippen LogP contribution is 2.37. The average Bonchev–Trinajstić information content (AvgIpc) is 3.03. The Hall–Kier alpha value is -2.66. The van der Waals surface area contributed by atoms with Crippen LogP contribution in [0.3, 0.4) is 0 Å². The Balaban J connectivity index is 1.88. The summed E-state index contributed by atoms with van der Waals surface area (Å²) in [5.74, 6) is 1.22. The van der Waals surface area contributed by atoms with Gasteiger partial charge in [0.15, 0.2) is 0 Å². The molecule has 3 aromatic rings. The van der Waals surface area contributed by atoms with Crippen LogP contribution in [0.25, 0.3) is 11.8 Å². The monoisotopic (exact) mass is 356 g/mol. The summed E-state index contributed by atoms with van der Waals surface area (Å²) < 4.78 is 18.4. The molecule has 0 bridgehead atoms. The lowest BCUT2D eigenvalue weighted by Gasteiger charge is -2.04. The van der Waals surface area contributed by atoms with Crippen molar-refractivity contribution in [3.05, 3.63) is 83.8 Å². The van der Waals surface area contributed by atoms with Gasteiger partial charge in [0.1, 0.15) is 6.61 Å². The van der Waals surface area contributed by atoms with Crippen LogP contribution in [0.15, 0.2) is 72.5 Å². The Bertz CT molecular complexity index is 901. The maximum atomic E-state index is 11.1. The minimum atomic E-state index is -4.26. The SMILES string of the molecule is O=P(O)(O)C=Cc1cc(OCc2ccccc2)nn1-c1ccccc1. The quantitative estimate of drug-likeness (QED) is 0.659. The lowest BCUT2D eigenvalue weighted by Crippen LogP contribution is -2.00. The Labute approximate surface area is 145 Å². The first kappa shape index (κ1) is 17.2. The van der Waals surface area contributed by atoms with Crippen molar-refractivity contribution >= 4 is 13.7 Å². The molecule has 1 heterocycles. The van der Waals surface area contributed by atoms with Crippen LogP contribution in [-0.2, 0) is 11.2 Å². The fraction of sp³-hybridized carbons (Fsp3) is 0.0556. The largest absolute Gasteiger partial charge is 0.472 e. The molecule has 0 saturated heterocycles. The Morgan fingerprint density at radius 3 is 2.32 bits per heavy atom. The highest BCUT2D eigenvalue weighted by atomic mass is 31.2. The van der Waals surface area contributed by atoms with E-state index in [1.165, 1.54) is 6.08 Å². The molecule has 0 amide bonds. The summed E-state index contributed by atoms with van der Waals surface area (Å²) in [6.07, 6.45) is 1.34. The van der Waals surface area contributed by atoms with Crippen molar-refractivity contribution in [2.24, 2.45) is 0 Å². The molecule has 2 N–H and O–H groups in total. The van der Waals surface area contributed by atoms with Crippen LogP contribution in [0, 0.1) is 0 Å². The molecule has 0 aliphatic rings. The third kappa shape index (κ3) is 4.90. The lowest BCUT2D eigenvalue weighted by molar-refractivity contribution is 0.292. The van der Waals surface area contributed by atoms with Crippen molar-refractivity contribution in [2.45, 2.75) is 6.61 Å². The van der Waals surface area contributed by atoms with Gasteiger partial charge in [-0.05, 0) is 23.8 Å². The van der Waals surface area contributed by atoms with Gasteiger partial charge in [0, 0.05) is 11.9 Å². The molecule has 0 saturated carbocycles. The topological polar surface area (TPSA) is 84.6 Å². The van der Waals surface area contributed by atoms with E-state index in [0.29, 0.717) is 18.2 Å². The van der Waals surface area contributed by atoms with Crippen LogP contribution in [0.4, 0.5) is 0 Å². The molecule has 0 aliphatic heterocycles. The van der Waals surface area contributed by atoms with Crippen molar-refractivity contribution in [3.8, 4) is 11.6 Å². The Morgan fingerprint density at radius 2 is 1.68 bits per heavy atom. The zero-order valence-electron chi connectivity index (χ0n) is 13.3. The predicted octanol–water partition coefficient (Wildman–Crippen LogP) is 3.60. The second-order valence-corrected chi connectivity index (χ2v) is 6.81. The van der Waals surface area contributed by atoms with Gasteiger partial charge in [-0.25, -0.2) is 4.68 Å². The summed E-state index contributed by atoms with van der Waals surface area (Å²) in [4.78, 5) is 18.1. The second kappa shape index (κ2) is 7.49. The van der Waals surface area contributed by atoms with E-state index in [1.54, 1.807) is 10.7 Å². The number of rotatable bonds is 6. The molecule has 0 unspecified atom stereocenters. The molecule has 1 aromatic heterocycles. The van der Waals surface area contributed by atoms with Gasteiger partial charge in [-0.3, -0.25) is 4.57 Å². The van der Waals surface area contributed by atoms with E-state index in [4.69, 9.17) is 14.5 Å². The molecule has 3 rings (SSSR count). The fourth-order valence-electron chi connectivity index (χ4n) is 2.24. The lowest BCUT2D eigenvalue weighted by atomic mass is 10.2. The zero-order valence-corrected chi connectivity index (χ0v) is 14.2. The van der Waals surface area contributed by atoms with E-state index in [-0.39, 0.29) is 0 Å². The number of para-hydroxylation sites is 1. The van der Waals surface area contributed by atoms with Crippen LogP contribution in [0.1, 0.15) is 11.3 Å². The van der Waals surface area contributed by atoms with Gasteiger partial charge in [0.05, 0.1) is 11.4 Å². The minimum Gasteiger partial charge on any atom is -0.472 e. The molecular formula is C18H17N2O4P. The van der Waals surface area contributed by atoms with Crippen molar-refractivity contribution in [1.29, 1.82) is 0 Å². The highest BCUT2D eigenvalue weighted by Gasteiger charge is 2.11. The van der Waals surface area contributed by atoms with Gasteiger partial charge in [-0.2, -0.15) is 0 Å². The van der Waals surface area contributed by atoms with Crippen molar-refractivity contribution in [1.82, 2.24) is 9.78 Å². The van der Waals surface area contributed by atoms with E-state index in [1.807, 2.05) is 60.7 Å². The minimum absolute atomic E-state index is 0.355. The Kier molecular flexibility index (Phi) is 5.14. The molecule has 0 atom stereocenters. The van der Waals surface area contributed by atoms with Crippen LogP contribution in [-0.4, -0.2) is 19.6 Å². The molecule has 25 heavy (non-hydrogen) atoms. The summed E-state index contributed by atoms with van der Waals surface area (Å²) in [5, 5.41) is 4.39. The van der Waals surface area contributed by atoms with Crippen molar-refractivity contribution < 1.29 is 19.1 Å². The van der Waals surface area contributed by atoms with Gasteiger partial charge in [0.2, 0.25) is 5.88 Å². The average molecular weight is 356 g/mol. The molecular weight excluding hydrogens is 339 g/mol. The van der Waals surface area contributed by atoms with E-state index >= 15 is 0 Å². The van der Waals surface area contributed by atoms with E-state index in [0.717, 1.165) is 17.1 Å². The normalized spacial score (nSPS) is 11.8. The molecule has 0 radical (unpaired) electrons. The third-order valence-electron chi connectivity index (χ3n) is 3.38. The van der Waals surface area contributed by atoms with Gasteiger partial charge in [-0.1, -0.05) is 48.5 Å². The molecule has 128 valence electrons. The third-order valence-corrected chi connectivity index (χ3v) is 3.92. The number of ether oxygens (including phenoxy) is 1. The van der Waals surface area contributed by atoms with Crippen LogP contribution in [0.5, 0.6) is 5.88 Å². The molecule has 2 aromatic carbocycles. The highest BCUT2D eigenvalue weighted by molar-refractivity contribution is 7.55. The van der Waals surface area contributed by atoms with Crippen LogP contribution < -0.4 is 4.74 Å². The maximum Gasteiger partial charge on any atom is 0.349 e.